The van der Waals surface area contributed by atoms with Crippen LogP contribution in [0.1, 0.15) is 0 Å². The topological polar surface area (TPSA) is 378 Å². The molecule has 0 aliphatic rings. The van der Waals surface area contributed by atoms with Gasteiger partial charge in [0.25, 0.3) is 0 Å². The summed E-state index contributed by atoms with van der Waals surface area (Å²) in [5.74, 6) is 0. The highest BCUT2D eigenvalue weighted by molar-refractivity contribution is 5.76. The second-order valence-corrected chi connectivity index (χ2v) is 0. The average molecular weight is 427 g/mol. The first-order chi connectivity index (χ1) is 0. The summed E-state index contributed by atoms with van der Waals surface area (Å²) in [7, 11) is 0. The Balaban J connectivity index is 0. The van der Waals surface area contributed by atoms with Gasteiger partial charge in [0.15, 0.2) is 0 Å². The van der Waals surface area contributed by atoms with E-state index in [1.54, 1.807) is 0 Å². The molecule has 0 bridgehead atoms. The predicted molar refractivity (Wildman–Crippen MR) is 89.4 cm³/mol. The summed E-state index contributed by atoms with van der Waals surface area (Å²) < 4.78 is 0. The summed E-state index contributed by atoms with van der Waals surface area (Å²) >= 11 is 0. The fourth-order valence-corrected chi connectivity index (χ4v) is 0. The van der Waals surface area contributed by atoms with Crippen LogP contribution < -0.4 is 0 Å². The highest BCUT2D eigenvalue weighted by Crippen LogP contribution is -0.277. The minimum absolute atomic E-state index is 0. The maximum absolute atomic E-state index is 0. The van der Waals surface area contributed by atoms with Crippen LogP contribution in [-0.2, 0) is 0 Å². The largest absolute Gasteiger partial charge is 0.412 e. The van der Waals surface area contributed by atoms with E-state index in [1.807, 2.05) is 0 Å². The Kier molecular flexibility index (Phi) is 40000. The molecule has 0 aliphatic carbocycles. The summed E-state index contributed by atoms with van der Waals surface area (Å²) in [6.07, 6.45) is 0. The van der Waals surface area contributed by atoms with Crippen LogP contribution in [0.4, 0.5) is 0 Å². The van der Waals surface area contributed by atoms with Crippen LogP contribution in [0.25, 0.3) is 0 Å². The van der Waals surface area contributed by atoms with Crippen LogP contribution in [0.3, 0.4) is 0 Å². The van der Waals surface area contributed by atoms with Crippen molar-refractivity contribution in [1.82, 2.24) is 0 Å². The molecular weight excluding hydrogens is 403 g/mol. The predicted octanol–water partition coefficient (Wildman–Crippen LogP) is -12.9. The van der Waals surface area contributed by atoms with E-state index in [-0.39, 0.29) is 202 Å². The van der Waals surface area contributed by atoms with E-state index in [0.29, 0.717) is 0 Å². The van der Waals surface area contributed by atoms with E-state index in [0.717, 1.165) is 0 Å². The molecule has 0 aromatic heterocycles. The van der Waals surface area contributed by atoms with Gasteiger partial charge < -0.3 is 65.7 Å². The molecule has 20 heavy (non-hydrogen) atoms. The molecule has 0 atom stereocenters. The lowest BCUT2D eigenvalue weighted by molar-refractivity contribution is 0.823. The number of hydrogen-bond donors (Lipinski definition) is 0. The van der Waals surface area contributed by atoms with Crippen molar-refractivity contribution in [3.05, 3.63) is 0 Å². The van der Waals surface area contributed by atoms with Gasteiger partial charge in [-0.25, -0.2) is 0 Å². The second kappa shape index (κ2) is 837. The summed E-state index contributed by atoms with van der Waals surface area (Å²) in [6.45, 7) is 0. The standard InChI is InChI=1S/2Al.3Mg.12H2O.3Si/h;;;;;12*1H2;;;. The maximum Gasteiger partial charge on any atom is 0 e. The van der Waals surface area contributed by atoms with Crippen molar-refractivity contribution in [2.45, 2.75) is 0 Å². The van der Waals surface area contributed by atoms with E-state index in [2.05, 4.69) is 0 Å². The molecule has 0 unspecified atom stereocenters. The molecule has 0 saturated carbocycles. The zero-order valence-corrected chi connectivity index (χ0v) is 20.3. The third kappa shape index (κ3) is 727. The molecule has 0 aromatic rings. The highest BCUT2D eigenvalue weighted by Gasteiger charge is 0.00724. The van der Waals surface area contributed by atoms with Gasteiger partial charge in [0.1, 0.15) is 0 Å². The fraction of sp³-hybridized carbons (Fsp3) is 0. The van der Waals surface area contributed by atoms with Gasteiger partial charge in [0, 0.05) is 137 Å². The first kappa shape index (κ1) is 957. The van der Waals surface area contributed by atoms with Gasteiger partial charge in [-0.15, -0.1) is 0 Å². The minimum Gasteiger partial charge on any atom is -0.412 e. The van der Waals surface area contributed by atoms with Crippen LogP contribution in [0.5, 0.6) is 0 Å². The third-order valence-electron chi connectivity index (χ3n) is 0. The quantitative estimate of drug-likeness (QED) is 0.325. The van der Waals surface area contributed by atoms with Crippen LogP contribution in [0.2, 0.25) is 0 Å². The molecule has 0 rings (SSSR count). The van der Waals surface area contributed by atoms with Crippen LogP contribution in [0, 0.1) is 0 Å². The molecule has 0 aromatic carbocycles. The van der Waals surface area contributed by atoms with Gasteiger partial charge >= 0.3 is 0 Å². The molecule has 120 valence electrons. The molecule has 0 aliphatic heterocycles. The van der Waals surface area contributed by atoms with Gasteiger partial charge in [-0.2, -0.15) is 0 Å². The molecular formula is H24Al2Mg3O12Si3. The van der Waals surface area contributed by atoms with E-state index < -0.39 is 0 Å². The average Bonchev–Trinajstić information content (AvgIpc) is 0. The van der Waals surface area contributed by atoms with Crippen molar-refractivity contribution in [1.29, 1.82) is 0 Å². The maximum atomic E-state index is 0. The Bertz CT molecular complexity index is 31.9. The van der Waals surface area contributed by atoms with Gasteiger partial charge in [0.05, 0.1) is 0 Å². The van der Waals surface area contributed by atoms with Crippen molar-refractivity contribution in [3.8, 4) is 0 Å². The highest BCUT2D eigenvalue weighted by atomic mass is 28.1. The third-order valence-corrected chi connectivity index (χ3v) is 0. The van der Waals surface area contributed by atoms with E-state index in [1.165, 1.54) is 0 Å². The zero-order valence-electron chi connectivity index (χ0n) is 10.8. The molecule has 24 radical (unpaired) electrons. The molecule has 12 nitrogen and oxygen atoms in total. The molecule has 20 heteroatoms. The number of rotatable bonds is 0. The SMILES string of the molecule is O.O.O.O.O.O.O.O.O.O.O.O.[Al].[Al].[Mg].[Mg].[Mg].[Si].[Si].[Si]. The molecule has 0 spiro atoms. The Labute approximate surface area is 200 Å². The summed E-state index contributed by atoms with van der Waals surface area (Å²) in [5, 5.41) is 0. The van der Waals surface area contributed by atoms with Crippen LogP contribution >= 0.6 is 0 Å². The Morgan fingerprint density at radius 2 is 0.200 bits per heavy atom. The first-order valence-corrected chi connectivity index (χ1v) is 0. The van der Waals surface area contributed by atoms with Crippen molar-refractivity contribution in [2.24, 2.45) is 0 Å². The minimum atomic E-state index is 0. The van der Waals surface area contributed by atoms with Gasteiger partial charge in [-0.3, -0.25) is 0 Å². The van der Waals surface area contributed by atoms with Crippen LogP contribution in [0.15, 0.2) is 0 Å². The smallest absolute Gasteiger partial charge is 0 e. The molecule has 24 N–H and O–H groups in total. The van der Waals surface area contributed by atoms with E-state index in [4.69, 9.17) is 0 Å². The van der Waals surface area contributed by atoms with Crippen LogP contribution in [-0.4, -0.2) is 202 Å². The lowest BCUT2D eigenvalue weighted by atomic mass is 16.0. The zero-order chi connectivity index (χ0) is 0. The Morgan fingerprint density at radius 1 is 0.200 bits per heavy atom. The van der Waals surface area contributed by atoms with Crippen molar-refractivity contribution in [2.75, 3.05) is 0 Å². The monoisotopic (exact) mass is 426 g/mol. The van der Waals surface area contributed by atoms with Crippen molar-refractivity contribution >= 4 is 137 Å². The number of hydrogen-bond acceptors (Lipinski definition) is 0. The Morgan fingerprint density at radius 3 is 0.200 bits per heavy atom. The van der Waals surface area contributed by atoms with Gasteiger partial charge in [-0.1, -0.05) is 0 Å². The lowest BCUT2D eigenvalue weighted by Gasteiger charge is -0.413. The van der Waals surface area contributed by atoms with Crippen molar-refractivity contribution in [3.63, 3.8) is 0 Å². The second-order valence-electron chi connectivity index (χ2n) is 0. The first-order valence-electron chi connectivity index (χ1n) is 0. The summed E-state index contributed by atoms with van der Waals surface area (Å²) in [4.78, 5) is 0. The molecule has 0 saturated heterocycles. The van der Waals surface area contributed by atoms with Gasteiger partial charge in [0.2, 0.25) is 0 Å². The fourth-order valence-electron chi connectivity index (χ4n) is 0. The Hall–Kier alpha value is 3.53. The van der Waals surface area contributed by atoms with Crippen molar-refractivity contribution < 1.29 is 65.7 Å². The molecule has 0 amide bonds. The van der Waals surface area contributed by atoms with E-state index >= 15 is 0 Å². The molecule has 0 heterocycles. The molecule has 0 fully saturated rings. The summed E-state index contributed by atoms with van der Waals surface area (Å²) in [6, 6.07) is 0. The summed E-state index contributed by atoms with van der Waals surface area (Å²) in [5.41, 5.74) is 0. The normalized spacial score (nSPS) is 0. The lowest BCUT2D eigenvalue weighted by Crippen LogP contribution is -0.382. The van der Waals surface area contributed by atoms with E-state index in [9.17, 15) is 0 Å². The van der Waals surface area contributed by atoms with Gasteiger partial charge in [-0.05, 0) is 0 Å².